The van der Waals surface area contributed by atoms with Crippen molar-refractivity contribution in [2.75, 3.05) is 13.1 Å². The Morgan fingerprint density at radius 1 is 1.21 bits per heavy atom. The molecule has 2 atom stereocenters. The Labute approximate surface area is 165 Å². The Hall–Kier alpha value is -2.25. The summed E-state index contributed by atoms with van der Waals surface area (Å²) < 4.78 is 0. The van der Waals surface area contributed by atoms with Gasteiger partial charge in [-0.3, -0.25) is 19.7 Å². The van der Waals surface area contributed by atoms with E-state index in [1.54, 1.807) is 4.90 Å². The van der Waals surface area contributed by atoms with Crippen LogP contribution in [-0.4, -0.2) is 47.8 Å². The maximum Gasteiger partial charge on any atom is 0.255 e. The van der Waals surface area contributed by atoms with Crippen molar-refractivity contribution in [2.24, 2.45) is 5.41 Å². The van der Waals surface area contributed by atoms with Gasteiger partial charge >= 0.3 is 0 Å². The highest BCUT2D eigenvalue weighted by atomic mass is 16.2. The summed E-state index contributed by atoms with van der Waals surface area (Å²) >= 11 is 0. The van der Waals surface area contributed by atoms with Gasteiger partial charge in [-0.2, -0.15) is 0 Å². The first-order valence-electron chi connectivity index (χ1n) is 10.1. The molecule has 0 spiro atoms. The molecule has 7 heteroatoms. The molecular formula is C21H28N4O3. The van der Waals surface area contributed by atoms with Gasteiger partial charge in [-0.1, -0.05) is 26.0 Å². The van der Waals surface area contributed by atoms with Crippen LogP contribution in [0.25, 0.3) is 0 Å². The molecule has 7 nitrogen and oxygen atoms in total. The molecule has 1 aromatic carbocycles. The average molecular weight is 384 g/mol. The quantitative estimate of drug-likeness (QED) is 0.672. The van der Waals surface area contributed by atoms with Gasteiger partial charge in [-0.15, -0.1) is 0 Å². The van der Waals surface area contributed by atoms with Crippen molar-refractivity contribution in [3.8, 4) is 0 Å². The normalized spacial score (nSPS) is 26.9. The number of carbonyl (C=O) groups excluding carboxylic acids is 3. The number of amides is 3. The molecule has 2 unspecified atom stereocenters. The molecule has 0 bridgehead atoms. The number of benzene rings is 1. The number of carbonyl (C=O) groups is 3. The van der Waals surface area contributed by atoms with Crippen molar-refractivity contribution in [1.29, 1.82) is 0 Å². The molecule has 3 heterocycles. The molecule has 0 saturated carbocycles. The highest BCUT2D eigenvalue weighted by molar-refractivity contribution is 6.05. The summed E-state index contributed by atoms with van der Waals surface area (Å²) in [6.45, 7) is 7.68. The topological polar surface area (TPSA) is 90.5 Å². The fourth-order valence-corrected chi connectivity index (χ4v) is 4.50. The highest BCUT2D eigenvalue weighted by Gasteiger charge is 2.39. The van der Waals surface area contributed by atoms with Gasteiger partial charge in [0.15, 0.2) is 0 Å². The summed E-state index contributed by atoms with van der Waals surface area (Å²) in [5.41, 5.74) is 2.88. The lowest BCUT2D eigenvalue weighted by molar-refractivity contribution is -0.136. The maximum absolute atomic E-state index is 12.9. The standard InChI is InChI=1S/C21H28N4O3/c1-21(2)12-22-8-7-17(21)23-10-13-3-4-14-11-25(20(28)15(14)9-13)16-5-6-18(26)24-19(16)27/h3-4,9,16-17,22-23H,5-8,10-12H2,1-2H3,(H,24,26,27). The minimum Gasteiger partial charge on any atom is -0.322 e. The van der Waals surface area contributed by atoms with E-state index in [4.69, 9.17) is 0 Å². The van der Waals surface area contributed by atoms with Crippen LogP contribution in [0, 0.1) is 5.41 Å². The number of fused-ring (bicyclic) bond motifs is 1. The molecule has 4 rings (SSSR count). The second kappa shape index (κ2) is 7.29. The van der Waals surface area contributed by atoms with Crippen LogP contribution in [0.5, 0.6) is 0 Å². The minimum absolute atomic E-state index is 0.117. The van der Waals surface area contributed by atoms with Crippen LogP contribution in [0.2, 0.25) is 0 Å². The van der Waals surface area contributed by atoms with Crippen LogP contribution in [0.4, 0.5) is 0 Å². The molecular weight excluding hydrogens is 356 g/mol. The van der Waals surface area contributed by atoms with Gasteiger partial charge < -0.3 is 15.5 Å². The van der Waals surface area contributed by atoms with E-state index in [-0.39, 0.29) is 29.6 Å². The average Bonchev–Trinajstić information content (AvgIpc) is 2.97. The third-order valence-corrected chi connectivity index (χ3v) is 6.28. The molecule has 28 heavy (non-hydrogen) atoms. The number of imide groups is 1. The third kappa shape index (κ3) is 3.56. The van der Waals surface area contributed by atoms with Gasteiger partial charge in [-0.05, 0) is 42.0 Å². The van der Waals surface area contributed by atoms with Gasteiger partial charge in [0.25, 0.3) is 5.91 Å². The molecule has 3 aliphatic heterocycles. The zero-order valence-electron chi connectivity index (χ0n) is 16.5. The number of nitrogens with one attached hydrogen (secondary N) is 3. The summed E-state index contributed by atoms with van der Waals surface area (Å²) in [5.74, 6) is -0.749. The van der Waals surface area contributed by atoms with Gasteiger partial charge in [0.1, 0.15) is 6.04 Å². The van der Waals surface area contributed by atoms with Crippen molar-refractivity contribution in [3.63, 3.8) is 0 Å². The molecule has 0 radical (unpaired) electrons. The van der Waals surface area contributed by atoms with Crippen LogP contribution >= 0.6 is 0 Å². The predicted molar refractivity (Wildman–Crippen MR) is 104 cm³/mol. The summed E-state index contributed by atoms with van der Waals surface area (Å²) in [4.78, 5) is 38.0. The second-order valence-electron chi connectivity index (χ2n) is 8.78. The highest BCUT2D eigenvalue weighted by Crippen LogP contribution is 2.29. The lowest BCUT2D eigenvalue weighted by atomic mass is 9.80. The monoisotopic (exact) mass is 384 g/mol. The van der Waals surface area contributed by atoms with Gasteiger partial charge in [0.05, 0.1) is 0 Å². The largest absolute Gasteiger partial charge is 0.322 e. The van der Waals surface area contributed by atoms with Crippen molar-refractivity contribution < 1.29 is 14.4 Å². The first-order valence-corrected chi connectivity index (χ1v) is 10.1. The third-order valence-electron chi connectivity index (χ3n) is 6.28. The van der Waals surface area contributed by atoms with Crippen molar-refractivity contribution in [2.45, 2.75) is 58.3 Å². The molecule has 150 valence electrons. The molecule has 3 aliphatic rings. The van der Waals surface area contributed by atoms with Gasteiger partial charge in [-0.25, -0.2) is 0 Å². The van der Waals surface area contributed by atoms with E-state index in [0.29, 0.717) is 31.1 Å². The summed E-state index contributed by atoms with van der Waals surface area (Å²) in [6.07, 6.45) is 1.75. The smallest absolute Gasteiger partial charge is 0.255 e. The number of hydrogen-bond acceptors (Lipinski definition) is 5. The van der Waals surface area contributed by atoms with Crippen LogP contribution in [0.1, 0.15) is 54.6 Å². The van der Waals surface area contributed by atoms with E-state index >= 15 is 0 Å². The molecule has 2 fully saturated rings. The first-order chi connectivity index (χ1) is 13.3. The summed E-state index contributed by atoms with van der Waals surface area (Å²) in [6, 6.07) is 5.86. The van der Waals surface area contributed by atoms with Crippen molar-refractivity contribution in [3.05, 3.63) is 34.9 Å². The lowest BCUT2D eigenvalue weighted by Crippen LogP contribution is -2.52. The minimum atomic E-state index is -0.560. The fraction of sp³-hybridized carbons (Fsp3) is 0.571. The zero-order valence-corrected chi connectivity index (χ0v) is 16.5. The predicted octanol–water partition coefficient (Wildman–Crippen LogP) is 0.925. The first kappa shape index (κ1) is 19.1. The molecule has 2 saturated heterocycles. The summed E-state index contributed by atoms with van der Waals surface area (Å²) in [5, 5.41) is 9.44. The van der Waals surface area contributed by atoms with E-state index in [1.165, 1.54) is 0 Å². The van der Waals surface area contributed by atoms with Crippen LogP contribution in [-0.2, 0) is 22.7 Å². The van der Waals surface area contributed by atoms with E-state index < -0.39 is 6.04 Å². The zero-order chi connectivity index (χ0) is 19.9. The van der Waals surface area contributed by atoms with Crippen molar-refractivity contribution >= 4 is 17.7 Å². The molecule has 0 aromatic heterocycles. The Morgan fingerprint density at radius 2 is 2.04 bits per heavy atom. The molecule has 0 aliphatic carbocycles. The van der Waals surface area contributed by atoms with Crippen molar-refractivity contribution in [1.82, 2.24) is 20.9 Å². The van der Waals surface area contributed by atoms with Crippen LogP contribution < -0.4 is 16.0 Å². The van der Waals surface area contributed by atoms with Crippen LogP contribution in [0.3, 0.4) is 0 Å². The second-order valence-corrected chi connectivity index (χ2v) is 8.78. The fourth-order valence-electron chi connectivity index (χ4n) is 4.50. The Balaban J connectivity index is 1.44. The van der Waals surface area contributed by atoms with E-state index in [0.717, 1.165) is 30.6 Å². The summed E-state index contributed by atoms with van der Waals surface area (Å²) in [7, 11) is 0. The lowest BCUT2D eigenvalue weighted by Gasteiger charge is -2.39. The van der Waals surface area contributed by atoms with Gasteiger partial charge in [0.2, 0.25) is 11.8 Å². The van der Waals surface area contributed by atoms with E-state index in [2.05, 4.69) is 35.9 Å². The maximum atomic E-state index is 12.9. The number of rotatable bonds is 4. The number of nitrogens with zero attached hydrogens (tertiary/aromatic N) is 1. The van der Waals surface area contributed by atoms with Crippen LogP contribution in [0.15, 0.2) is 18.2 Å². The molecule has 3 amide bonds. The number of hydrogen-bond donors (Lipinski definition) is 3. The van der Waals surface area contributed by atoms with Gasteiger partial charge in [0, 0.05) is 37.7 Å². The Kier molecular flexibility index (Phi) is 4.97. The van der Waals surface area contributed by atoms with E-state index in [1.807, 2.05) is 12.1 Å². The Morgan fingerprint density at radius 3 is 2.79 bits per heavy atom. The molecule has 3 N–H and O–H groups in total. The molecule has 1 aromatic rings. The number of piperidine rings is 2. The van der Waals surface area contributed by atoms with E-state index in [9.17, 15) is 14.4 Å². The Bertz CT molecular complexity index is 820. The SMILES string of the molecule is CC1(C)CNCCC1NCc1ccc2c(c1)C(=O)N(C1CCC(=O)NC1=O)C2.